The number of methoxy groups -OCH3 is 2. The lowest BCUT2D eigenvalue weighted by Crippen LogP contribution is -2.25. The number of nitrogens with one attached hydrogen (secondary N) is 1. The van der Waals surface area contributed by atoms with Gasteiger partial charge in [-0.1, -0.05) is 29.8 Å². The summed E-state index contributed by atoms with van der Waals surface area (Å²) in [5.74, 6) is 0.317. The van der Waals surface area contributed by atoms with Gasteiger partial charge in [-0.25, -0.2) is 4.68 Å². The summed E-state index contributed by atoms with van der Waals surface area (Å²) in [5, 5.41) is 8.03. The molecule has 2 aromatic carbocycles. The van der Waals surface area contributed by atoms with Gasteiger partial charge in [0.15, 0.2) is 5.69 Å². The summed E-state index contributed by atoms with van der Waals surface area (Å²) >= 11 is 6.14. The highest BCUT2D eigenvalue weighted by Crippen LogP contribution is 2.36. The molecule has 0 aliphatic carbocycles. The van der Waals surface area contributed by atoms with Crippen LogP contribution < -0.4 is 20.3 Å². The van der Waals surface area contributed by atoms with Crippen molar-refractivity contribution < 1.29 is 14.3 Å². The van der Waals surface area contributed by atoms with Crippen LogP contribution in [0, 0.1) is 0 Å². The number of hydrogen-bond donors (Lipinski definition) is 1. The number of aromatic nitrogens is 2. The van der Waals surface area contributed by atoms with Crippen molar-refractivity contribution in [3.05, 3.63) is 57.5 Å². The maximum absolute atomic E-state index is 12.8. The van der Waals surface area contributed by atoms with E-state index in [2.05, 4.69) is 10.4 Å². The van der Waals surface area contributed by atoms with Crippen molar-refractivity contribution >= 4 is 34.0 Å². The second kappa shape index (κ2) is 7.05. The molecule has 0 fully saturated rings. The number of ether oxygens (including phenoxy) is 2. The average molecular weight is 374 g/mol. The topological polar surface area (TPSA) is 82.4 Å². The summed E-state index contributed by atoms with van der Waals surface area (Å²) in [6.07, 6.45) is 0. The number of aryl methyl sites for hydroxylation is 1. The number of halogens is 1. The molecule has 0 spiro atoms. The second-order valence-corrected chi connectivity index (χ2v) is 5.87. The van der Waals surface area contributed by atoms with E-state index in [4.69, 9.17) is 21.1 Å². The minimum Gasteiger partial charge on any atom is -0.495 e. The van der Waals surface area contributed by atoms with Gasteiger partial charge in [-0.05, 0) is 12.1 Å². The number of fused-ring (bicyclic) bond motifs is 1. The Morgan fingerprint density at radius 2 is 1.77 bits per heavy atom. The molecular formula is C18H16ClN3O4. The molecule has 0 unspecified atom stereocenters. The first-order valence-electron chi connectivity index (χ1n) is 7.65. The summed E-state index contributed by atoms with van der Waals surface area (Å²) in [7, 11) is 4.45. The van der Waals surface area contributed by atoms with E-state index in [-0.39, 0.29) is 11.3 Å². The third kappa shape index (κ3) is 3.09. The zero-order valence-electron chi connectivity index (χ0n) is 14.4. The van der Waals surface area contributed by atoms with Gasteiger partial charge in [0.1, 0.15) is 11.5 Å². The molecule has 1 amide bonds. The Labute approximate surface area is 154 Å². The molecule has 1 N–H and O–H groups in total. The Morgan fingerprint density at radius 1 is 1.12 bits per heavy atom. The number of carbonyl (C=O) groups excluding carboxylic acids is 1. The van der Waals surface area contributed by atoms with E-state index in [0.29, 0.717) is 33.0 Å². The van der Waals surface area contributed by atoms with E-state index in [1.54, 1.807) is 30.3 Å². The van der Waals surface area contributed by atoms with Gasteiger partial charge < -0.3 is 14.8 Å². The maximum Gasteiger partial charge on any atom is 0.276 e. The lowest BCUT2D eigenvalue weighted by Gasteiger charge is -2.14. The highest BCUT2D eigenvalue weighted by molar-refractivity contribution is 6.32. The lowest BCUT2D eigenvalue weighted by atomic mass is 10.1. The minimum atomic E-state index is -0.490. The Bertz CT molecular complexity index is 1060. The molecule has 26 heavy (non-hydrogen) atoms. The fourth-order valence-electron chi connectivity index (χ4n) is 2.61. The molecule has 0 saturated carbocycles. The Balaban J connectivity index is 2.07. The van der Waals surface area contributed by atoms with Crippen LogP contribution in [0.15, 0.2) is 41.2 Å². The zero-order valence-corrected chi connectivity index (χ0v) is 15.1. The Kier molecular flexibility index (Phi) is 4.81. The van der Waals surface area contributed by atoms with Crippen molar-refractivity contribution in [3.63, 3.8) is 0 Å². The van der Waals surface area contributed by atoms with Crippen molar-refractivity contribution in [2.45, 2.75) is 0 Å². The van der Waals surface area contributed by atoms with Crippen LogP contribution in [0.1, 0.15) is 10.5 Å². The molecule has 0 atom stereocenters. The van der Waals surface area contributed by atoms with Crippen molar-refractivity contribution in [2.75, 3.05) is 19.5 Å². The molecule has 1 heterocycles. The SMILES string of the molecule is COc1cc(OC)c(NC(=O)c2nn(C)c(=O)c3ccccc23)cc1Cl. The van der Waals surface area contributed by atoms with Crippen molar-refractivity contribution in [1.82, 2.24) is 9.78 Å². The summed E-state index contributed by atoms with van der Waals surface area (Å²) < 4.78 is 11.6. The predicted molar refractivity (Wildman–Crippen MR) is 99.5 cm³/mol. The van der Waals surface area contributed by atoms with Crippen LogP contribution in [0.25, 0.3) is 10.8 Å². The Morgan fingerprint density at radius 3 is 2.42 bits per heavy atom. The van der Waals surface area contributed by atoms with E-state index >= 15 is 0 Å². The van der Waals surface area contributed by atoms with Gasteiger partial charge >= 0.3 is 0 Å². The number of anilines is 1. The fourth-order valence-corrected chi connectivity index (χ4v) is 2.85. The molecule has 134 valence electrons. The fraction of sp³-hybridized carbons (Fsp3) is 0.167. The summed E-state index contributed by atoms with van der Waals surface area (Å²) in [4.78, 5) is 25.0. The smallest absolute Gasteiger partial charge is 0.276 e. The minimum absolute atomic E-state index is 0.122. The largest absolute Gasteiger partial charge is 0.495 e. The van der Waals surface area contributed by atoms with Crippen LogP contribution in [0.4, 0.5) is 5.69 Å². The first-order chi connectivity index (χ1) is 12.5. The van der Waals surface area contributed by atoms with Gasteiger partial charge in [-0.2, -0.15) is 5.10 Å². The van der Waals surface area contributed by atoms with Gasteiger partial charge in [-0.15, -0.1) is 0 Å². The van der Waals surface area contributed by atoms with Gasteiger partial charge in [0, 0.05) is 18.5 Å². The standard InChI is InChI=1S/C18H16ClN3O4/c1-22-18(24)11-7-5-4-6-10(11)16(21-22)17(23)20-13-8-12(19)14(25-2)9-15(13)26-3/h4-9H,1-3H3,(H,20,23). The number of carbonyl (C=O) groups is 1. The van der Waals surface area contributed by atoms with Gasteiger partial charge in [0.25, 0.3) is 11.5 Å². The number of benzene rings is 2. The highest BCUT2D eigenvalue weighted by atomic mass is 35.5. The first kappa shape index (κ1) is 17.8. The molecule has 7 nitrogen and oxygen atoms in total. The van der Waals surface area contributed by atoms with Crippen LogP contribution in [0.3, 0.4) is 0 Å². The normalized spacial score (nSPS) is 10.6. The van der Waals surface area contributed by atoms with E-state index in [1.807, 2.05) is 0 Å². The van der Waals surface area contributed by atoms with Crippen molar-refractivity contribution in [2.24, 2.45) is 7.05 Å². The molecule has 3 rings (SSSR count). The second-order valence-electron chi connectivity index (χ2n) is 5.46. The molecule has 1 aromatic heterocycles. The molecule has 0 radical (unpaired) electrons. The summed E-state index contributed by atoms with van der Waals surface area (Å²) in [6, 6.07) is 9.91. The molecule has 8 heteroatoms. The third-order valence-electron chi connectivity index (χ3n) is 3.89. The first-order valence-corrected chi connectivity index (χ1v) is 8.03. The number of hydrogen-bond acceptors (Lipinski definition) is 5. The molecule has 3 aromatic rings. The highest BCUT2D eigenvalue weighted by Gasteiger charge is 2.18. The van der Waals surface area contributed by atoms with Crippen LogP contribution in [-0.4, -0.2) is 29.9 Å². The monoisotopic (exact) mass is 373 g/mol. The van der Waals surface area contributed by atoms with Crippen LogP contribution in [-0.2, 0) is 7.05 Å². The predicted octanol–water partition coefficient (Wildman–Crippen LogP) is 2.86. The van der Waals surface area contributed by atoms with E-state index < -0.39 is 5.91 Å². The van der Waals surface area contributed by atoms with E-state index in [1.165, 1.54) is 27.3 Å². The molecule has 0 saturated heterocycles. The summed E-state index contributed by atoms with van der Waals surface area (Å²) in [5.41, 5.74) is 0.210. The van der Waals surface area contributed by atoms with Crippen LogP contribution in [0.5, 0.6) is 11.5 Å². The zero-order chi connectivity index (χ0) is 18.8. The molecule has 0 aliphatic heterocycles. The van der Waals surface area contributed by atoms with Gasteiger partial charge in [0.05, 0.1) is 30.3 Å². The molecule has 0 aliphatic rings. The van der Waals surface area contributed by atoms with Gasteiger partial charge in [0.2, 0.25) is 0 Å². The number of amides is 1. The van der Waals surface area contributed by atoms with Crippen molar-refractivity contribution in [3.8, 4) is 11.5 Å². The van der Waals surface area contributed by atoms with Crippen LogP contribution in [0.2, 0.25) is 5.02 Å². The number of nitrogens with zero attached hydrogens (tertiary/aromatic N) is 2. The van der Waals surface area contributed by atoms with E-state index in [9.17, 15) is 9.59 Å². The van der Waals surface area contributed by atoms with E-state index in [0.717, 1.165) is 4.68 Å². The van der Waals surface area contributed by atoms with Crippen LogP contribution >= 0.6 is 11.6 Å². The molecular weight excluding hydrogens is 358 g/mol. The van der Waals surface area contributed by atoms with Crippen molar-refractivity contribution in [1.29, 1.82) is 0 Å². The summed E-state index contributed by atoms with van der Waals surface area (Å²) in [6.45, 7) is 0. The van der Waals surface area contributed by atoms with Gasteiger partial charge in [-0.3, -0.25) is 9.59 Å². The quantitative estimate of drug-likeness (QED) is 0.760. The number of rotatable bonds is 4. The Hall–Kier alpha value is -3.06. The lowest BCUT2D eigenvalue weighted by molar-refractivity contribution is 0.102. The molecule has 0 bridgehead atoms. The maximum atomic E-state index is 12.8. The average Bonchev–Trinajstić information content (AvgIpc) is 2.65. The third-order valence-corrected chi connectivity index (χ3v) is 4.19.